The van der Waals surface area contributed by atoms with Crippen molar-refractivity contribution in [1.82, 2.24) is 4.72 Å². The van der Waals surface area contributed by atoms with Gasteiger partial charge in [0.15, 0.2) is 0 Å². The van der Waals surface area contributed by atoms with Gasteiger partial charge in [-0.1, -0.05) is 41.9 Å². The molecule has 1 amide bonds. The van der Waals surface area contributed by atoms with E-state index in [9.17, 15) is 13.2 Å². The molecule has 32 heavy (non-hydrogen) atoms. The number of carbonyl (C=O) groups is 1. The Morgan fingerprint density at radius 1 is 1.00 bits per heavy atom. The molecular weight excluding hydrogens is 446 g/mol. The average molecular weight is 470 g/mol. The van der Waals surface area contributed by atoms with Crippen molar-refractivity contribution in [2.75, 3.05) is 10.6 Å². The summed E-state index contributed by atoms with van der Waals surface area (Å²) in [5, 5.41) is 6.65. The summed E-state index contributed by atoms with van der Waals surface area (Å²) in [4.78, 5) is 12.7. The van der Waals surface area contributed by atoms with E-state index in [1.165, 1.54) is 24.3 Å². The fraction of sp³-hybridized carbons (Fsp3) is 0.208. The van der Waals surface area contributed by atoms with Crippen molar-refractivity contribution in [2.45, 2.75) is 36.7 Å². The zero-order chi connectivity index (χ0) is 22.7. The number of hydrogen-bond donors (Lipinski definition) is 3. The van der Waals surface area contributed by atoms with Crippen LogP contribution >= 0.6 is 11.6 Å². The summed E-state index contributed by atoms with van der Waals surface area (Å²) < 4.78 is 27.1. The molecule has 1 aliphatic rings. The molecule has 1 fully saturated rings. The highest BCUT2D eigenvalue weighted by Gasteiger charge is 2.28. The third-order valence-corrected chi connectivity index (χ3v) is 7.07. The van der Waals surface area contributed by atoms with Gasteiger partial charge in [0.05, 0.1) is 15.6 Å². The minimum Gasteiger partial charge on any atom is -0.377 e. The zero-order valence-electron chi connectivity index (χ0n) is 17.5. The van der Waals surface area contributed by atoms with Crippen LogP contribution in [-0.2, 0) is 10.0 Å². The van der Waals surface area contributed by atoms with Gasteiger partial charge in [-0.2, -0.15) is 0 Å². The van der Waals surface area contributed by atoms with Gasteiger partial charge in [-0.25, -0.2) is 13.1 Å². The average Bonchev–Trinajstić information content (AvgIpc) is 3.59. The van der Waals surface area contributed by atoms with E-state index >= 15 is 0 Å². The second-order valence-corrected chi connectivity index (χ2v) is 9.97. The first-order valence-corrected chi connectivity index (χ1v) is 12.2. The van der Waals surface area contributed by atoms with Crippen molar-refractivity contribution in [1.29, 1.82) is 0 Å². The minimum absolute atomic E-state index is 0.0286. The Morgan fingerprint density at radius 2 is 1.69 bits per heavy atom. The Balaban J connectivity index is 1.40. The topological polar surface area (TPSA) is 87.3 Å². The van der Waals surface area contributed by atoms with Crippen LogP contribution in [0.15, 0.2) is 77.7 Å². The number of anilines is 2. The van der Waals surface area contributed by atoms with Crippen LogP contribution in [-0.4, -0.2) is 20.4 Å². The lowest BCUT2D eigenvalue weighted by molar-refractivity contribution is 0.102. The second-order valence-electron chi connectivity index (χ2n) is 7.85. The first-order valence-electron chi connectivity index (χ1n) is 10.4. The van der Waals surface area contributed by atoms with Crippen molar-refractivity contribution < 1.29 is 13.2 Å². The third-order valence-electron chi connectivity index (χ3n) is 5.22. The maximum Gasteiger partial charge on any atom is 0.255 e. The van der Waals surface area contributed by atoms with Crippen LogP contribution in [0.5, 0.6) is 0 Å². The summed E-state index contributed by atoms with van der Waals surface area (Å²) in [6.07, 6.45) is 1.73. The van der Waals surface area contributed by atoms with E-state index in [1.54, 1.807) is 12.1 Å². The van der Waals surface area contributed by atoms with Gasteiger partial charge in [-0.05, 0) is 67.8 Å². The maximum absolute atomic E-state index is 12.6. The van der Waals surface area contributed by atoms with Crippen LogP contribution in [0.2, 0.25) is 5.02 Å². The molecule has 1 saturated carbocycles. The Bertz CT molecular complexity index is 1210. The molecule has 0 aliphatic heterocycles. The highest BCUT2D eigenvalue weighted by Crippen LogP contribution is 2.29. The number of nitrogens with one attached hydrogen (secondary N) is 3. The number of hydrogen-bond acceptors (Lipinski definition) is 4. The van der Waals surface area contributed by atoms with Gasteiger partial charge in [0.2, 0.25) is 10.0 Å². The van der Waals surface area contributed by atoms with E-state index in [2.05, 4.69) is 15.4 Å². The molecule has 3 N–H and O–H groups in total. The SMILES string of the molecule is CC(Nc1ccc(NC(=O)c2ccc(S(=O)(=O)NC3CC3)cc2)cc1Cl)c1ccccc1. The number of benzene rings is 3. The molecular formula is C24H24ClN3O3S. The molecule has 1 aliphatic carbocycles. The number of rotatable bonds is 8. The summed E-state index contributed by atoms with van der Waals surface area (Å²) in [5.41, 5.74) is 2.80. The predicted molar refractivity (Wildman–Crippen MR) is 128 cm³/mol. The molecule has 0 spiro atoms. The van der Waals surface area contributed by atoms with Crippen LogP contribution < -0.4 is 15.4 Å². The smallest absolute Gasteiger partial charge is 0.255 e. The summed E-state index contributed by atoms with van der Waals surface area (Å²) >= 11 is 6.42. The van der Waals surface area contributed by atoms with Gasteiger partial charge in [-0.3, -0.25) is 4.79 Å². The van der Waals surface area contributed by atoms with E-state index in [0.717, 1.165) is 24.1 Å². The second kappa shape index (κ2) is 9.32. The van der Waals surface area contributed by atoms with Crippen LogP contribution in [0.1, 0.15) is 41.7 Å². The van der Waals surface area contributed by atoms with E-state index in [0.29, 0.717) is 16.3 Å². The fourth-order valence-corrected chi connectivity index (χ4v) is 4.79. The lowest BCUT2D eigenvalue weighted by Crippen LogP contribution is -2.25. The minimum atomic E-state index is -3.55. The first kappa shape index (κ1) is 22.3. The van der Waals surface area contributed by atoms with E-state index in [4.69, 9.17) is 11.6 Å². The summed E-state index contributed by atoms with van der Waals surface area (Å²) in [6.45, 7) is 2.05. The molecule has 1 unspecified atom stereocenters. The van der Waals surface area contributed by atoms with Gasteiger partial charge in [0, 0.05) is 23.3 Å². The Hall–Kier alpha value is -2.87. The van der Waals surface area contributed by atoms with Gasteiger partial charge in [0.1, 0.15) is 0 Å². The van der Waals surface area contributed by atoms with E-state index in [1.807, 2.05) is 43.3 Å². The summed E-state index contributed by atoms with van der Waals surface area (Å²) in [7, 11) is -3.55. The molecule has 6 nitrogen and oxygen atoms in total. The Kier molecular flexibility index (Phi) is 6.50. The Morgan fingerprint density at radius 3 is 2.31 bits per heavy atom. The lowest BCUT2D eigenvalue weighted by Gasteiger charge is -2.17. The van der Waals surface area contributed by atoms with Gasteiger partial charge in [0.25, 0.3) is 5.91 Å². The highest BCUT2D eigenvalue weighted by molar-refractivity contribution is 7.89. The lowest BCUT2D eigenvalue weighted by atomic mass is 10.1. The molecule has 3 aromatic rings. The van der Waals surface area contributed by atoms with Crippen LogP contribution in [0.25, 0.3) is 0 Å². The quantitative estimate of drug-likeness (QED) is 0.422. The fourth-order valence-electron chi connectivity index (χ4n) is 3.25. The van der Waals surface area contributed by atoms with E-state index in [-0.39, 0.29) is 22.9 Å². The molecule has 1 atom stereocenters. The predicted octanol–water partition coefficient (Wildman–Crippen LogP) is 5.21. The van der Waals surface area contributed by atoms with Gasteiger partial charge >= 0.3 is 0 Å². The molecule has 3 aromatic carbocycles. The standard InChI is InChI=1S/C24H24ClN3O3S/c1-16(17-5-3-2-4-6-17)26-23-14-11-20(15-22(23)25)27-24(29)18-7-12-21(13-8-18)32(30,31)28-19-9-10-19/h2-8,11-16,19,26,28H,9-10H2,1H3,(H,27,29). The number of sulfonamides is 1. The molecule has 0 heterocycles. The zero-order valence-corrected chi connectivity index (χ0v) is 19.1. The molecule has 0 bridgehead atoms. The molecule has 0 saturated heterocycles. The third kappa shape index (κ3) is 5.48. The van der Waals surface area contributed by atoms with Crippen molar-refractivity contribution >= 4 is 38.9 Å². The number of amides is 1. The van der Waals surface area contributed by atoms with Crippen molar-refractivity contribution in [2.24, 2.45) is 0 Å². The van der Waals surface area contributed by atoms with E-state index < -0.39 is 10.0 Å². The molecule has 0 radical (unpaired) electrons. The molecule has 166 valence electrons. The number of carbonyl (C=O) groups excluding carboxylic acids is 1. The van der Waals surface area contributed by atoms with Crippen molar-refractivity contribution in [3.63, 3.8) is 0 Å². The first-order chi connectivity index (χ1) is 15.3. The molecule has 0 aromatic heterocycles. The summed E-state index contributed by atoms with van der Waals surface area (Å²) in [5.74, 6) is -0.349. The normalized spacial score (nSPS) is 14.6. The number of halogens is 1. The molecule has 8 heteroatoms. The van der Waals surface area contributed by atoms with Crippen LogP contribution in [0.3, 0.4) is 0 Å². The van der Waals surface area contributed by atoms with Crippen LogP contribution in [0, 0.1) is 0 Å². The van der Waals surface area contributed by atoms with Gasteiger partial charge < -0.3 is 10.6 Å². The van der Waals surface area contributed by atoms with Crippen LogP contribution in [0.4, 0.5) is 11.4 Å². The largest absolute Gasteiger partial charge is 0.377 e. The summed E-state index contributed by atoms with van der Waals surface area (Å²) in [6, 6.07) is 21.2. The monoisotopic (exact) mass is 469 g/mol. The highest BCUT2D eigenvalue weighted by atomic mass is 35.5. The Labute approximate surface area is 193 Å². The molecule has 4 rings (SSSR count). The van der Waals surface area contributed by atoms with Gasteiger partial charge in [-0.15, -0.1) is 0 Å². The van der Waals surface area contributed by atoms with Crippen molar-refractivity contribution in [3.05, 3.63) is 88.9 Å². The van der Waals surface area contributed by atoms with Crippen molar-refractivity contribution in [3.8, 4) is 0 Å². The maximum atomic E-state index is 12.6.